The number of nitrogens with one attached hydrogen (secondary N) is 1. The summed E-state index contributed by atoms with van der Waals surface area (Å²) in [6, 6.07) is 7.58. The van der Waals surface area contributed by atoms with Crippen LogP contribution >= 0.6 is 22.7 Å². The molecule has 0 aliphatic rings. The zero-order valence-corrected chi connectivity index (χ0v) is 22.1. The number of benzene rings is 1. The highest BCUT2D eigenvalue weighted by molar-refractivity contribution is 7.18. The molecular formula is C25H25N3O6S2. The molecule has 0 spiro atoms. The number of nitriles is 1. The summed E-state index contributed by atoms with van der Waals surface area (Å²) in [4.78, 5) is 29.8. The molecule has 0 atom stereocenters. The van der Waals surface area contributed by atoms with Crippen LogP contribution in [0.1, 0.15) is 44.4 Å². The van der Waals surface area contributed by atoms with Crippen LogP contribution in [0.5, 0.6) is 11.5 Å². The predicted octanol–water partition coefficient (Wildman–Crippen LogP) is 5.53. The Labute approximate surface area is 216 Å². The van der Waals surface area contributed by atoms with Crippen LogP contribution in [-0.2, 0) is 9.47 Å². The highest BCUT2D eigenvalue weighted by atomic mass is 32.1. The minimum atomic E-state index is -0.568. The highest BCUT2D eigenvalue weighted by Gasteiger charge is 2.26. The smallest absolute Gasteiger partial charge is 0.348 e. The average Bonchev–Trinajstić information content (AvgIpc) is 3.49. The number of rotatable bonds is 10. The number of hydrogen-bond acceptors (Lipinski definition) is 11. The number of thiazole rings is 1. The van der Waals surface area contributed by atoms with Gasteiger partial charge in [0.1, 0.15) is 26.5 Å². The third kappa shape index (κ3) is 5.67. The Balaban J connectivity index is 1.93. The summed E-state index contributed by atoms with van der Waals surface area (Å²) in [6.45, 7) is 5.45. The first kappa shape index (κ1) is 26.7. The van der Waals surface area contributed by atoms with Gasteiger partial charge in [-0.1, -0.05) is 0 Å². The molecule has 0 aliphatic carbocycles. The van der Waals surface area contributed by atoms with E-state index in [1.54, 1.807) is 41.1 Å². The normalized spacial score (nSPS) is 10.9. The first-order valence-electron chi connectivity index (χ1n) is 10.9. The van der Waals surface area contributed by atoms with Crippen LogP contribution in [0.2, 0.25) is 0 Å². The van der Waals surface area contributed by atoms with Crippen LogP contribution in [0.3, 0.4) is 0 Å². The van der Waals surface area contributed by atoms with E-state index in [0.717, 1.165) is 16.9 Å². The predicted molar refractivity (Wildman–Crippen MR) is 139 cm³/mol. The van der Waals surface area contributed by atoms with E-state index >= 15 is 0 Å². The van der Waals surface area contributed by atoms with Crippen molar-refractivity contribution < 1.29 is 28.5 Å². The standard InChI is InChI=1S/C25H25N3O6S2/c1-6-33-24(29)20-14(3)21(25(30)34-7-2)36-23(20)27-12-16(11-26)22-28-17(13-35-22)15-8-9-18(31-4)19(10-15)32-5/h8-10,12-13,27H,6-7H2,1-5H3/b16-12-. The van der Waals surface area contributed by atoms with Gasteiger partial charge in [0.15, 0.2) is 11.5 Å². The van der Waals surface area contributed by atoms with E-state index in [-0.39, 0.29) is 24.4 Å². The fraction of sp³-hybridized carbons (Fsp3) is 0.280. The number of nitrogens with zero attached hydrogens (tertiary/aromatic N) is 2. The molecule has 0 fully saturated rings. The summed E-state index contributed by atoms with van der Waals surface area (Å²) < 4.78 is 20.9. The van der Waals surface area contributed by atoms with E-state index in [1.165, 1.54) is 17.5 Å². The van der Waals surface area contributed by atoms with Crippen molar-refractivity contribution in [1.82, 2.24) is 4.98 Å². The lowest BCUT2D eigenvalue weighted by Gasteiger charge is -2.08. The molecule has 0 saturated carbocycles. The summed E-state index contributed by atoms with van der Waals surface area (Å²) in [5.74, 6) is 0.0762. The summed E-state index contributed by atoms with van der Waals surface area (Å²) in [7, 11) is 3.12. The molecule has 2 heterocycles. The lowest BCUT2D eigenvalue weighted by molar-refractivity contribution is 0.0527. The number of thiophene rings is 1. The van der Waals surface area contributed by atoms with Crippen molar-refractivity contribution in [3.05, 3.63) is 50.8 Å². The third-order valence-electron chi connectivity index (χ3n) is 4.97. The van der Waals surface area contributed by atoms with Crippen molar-refractivity contribution in [2.75, 3.05) is 32.8 Å². The maximum Gasteiger partial charge on any atom is 0.348 e. The summed E-state index contributed by atoms with van der Waals surface area (Å²) in [5.41, 5.74) is 2.41. The van der Waals surface area contributed by atoms with Crippen LogP contribution in [0.25, 0.3) is 16.8 Å². The Morgan fingerprint density at radius 2 is 1.81 bits per heavy atom. The number of ether oxygens (including phenoxy) is 4. The molecular weight excluding hydrogens is 502 g/mol. The summed E-state index contributed by atoms with van der Waals surface area (Å²) >= 11 is 2.36. The van der Waals surface area contributed by atoms with Crippen LogP contribution < -0.4 is 14.8 Å². The van der Waals surface area contributed by atoms with Crippen molar-refractivity contribution >= 4 is 45.2 Å². The molecule has 0 amide bonds. The van der Waals surface area contributed by atoms with E-state index in [9.17, 15) is 14.9 Å². The molecule has 0 bridgehead atoms. The number of methoxy groups -OCH3 is 2. The molecule has 1 N–H and O–H groups in total. The largest absolute Gasteiger partial charge is 0.493 e. The fourth-order valence-corrected chi connectivity index (χ4v) is 5.11. The highest BCUT2D eigenvalue weighted by Crippen LogP contribution is 2.36. The van der Waals surface area contributed by atoms with Gasteiger partial charge in [0.05, 0.1) is 38.7 Å². The van der Waals surface area contributed by atoms with Gasteiger partial charge in [-0.15, -0.1) is 22.7 Å². The Bertz CT molecular complexity index is 1340. The van der Waals surface area contributed by atoms with Crippen molar-refractivity contribution in [1.29, 1.82) is 5.26 Å². The zero-order chi connectivity index (χ0) is 26.2. The van der Waals surface area contributed by atoms with Crippen LogP contribution in [0.4, 0.5) is 5.00 Å². The van der Waals surface area contributed by atoms with E-state index in [4.69, 9.17) is 18.9 Å². The van der Waals surface area contributed by atoms with Gasteiger partial charge in [-0.3, -0.25) is 0 Å². The number of anilines is 1. The van der Waals surface area contributed by atoms with Gasteiger partial charge < -0.3 is 24.3 Å². The molecule has 0 aliphatic heterocycles. The number of esters is 2. The van der Waals surface area contributed by atoms with Crippen LogP contribution in [0, 0.1) is 18.3 Å². The first-order valence-corrected chi connectivity index (χ1v) is 12.6. The number of aromatic nitrogens is 1. The van der Waals surface area contributed by atoms with Gasteiger partial charge in [-0.2, -0.15) is 5.26 Å². The molecule has 1 aromatic carbocycles. The molecule has 0 saturated heterocycles. The quantitative estimate of drug-likeness (QED) is 0.268. The SMILES string of the molecule is CCOC(=O)c1sc(N/C=C(/C#N)c2nc(-c3ccc(OC)c(OC)c3)cs2)c(C(=O)OCC)c1C. The van der Waals surface area contributed by atoms with E-state index in [0.29, 0.717) is 37.6 Å². The molecule has 3 rings (SSSR count). The minimum absolute atomic E-state index is 0.180. The molecule has 0 radical (unpaired) electrons. The number of hydrogen-bond donors (Lipinski definition) is 1. The second-order valence-electron chi connectivity index (χ2n) is 7.12. The molecule has 36 heavy (non-hydrogen) atoms. The van der Waals surface area contributed by atoms with E-state index in [2.05, 4.69) is 16.4 Å². The molecule has 0 unspecified atom stereocenters. The van der Waals surface area contributed by atoms with Gasteiger partial charge in [-0.05, 0) is 44.5 Å². The Hall–Kier alpha value is -3.88. The number of allylic oxidation sites excluding steroid dienone is 1. The number of carbonyl (C=O) groups excluding carboxylic acids is 2. The maximum absolute atomic E-state index is 12.6. The minimum Gasteiger partial charge on any atom is -0.493 e. The van der Waals surface area contributed by atoms with Crippen LogP contribution in [0.15, 0.2) is 29.8 Å². The monoisotopic (exact) mass is 527 g/mol. The van der Waals surface area contributed by atoms with Crippen molar-refractivity contribution in [2.45, 2.75) is 20.8 Å². The summed E-state index contributed by atoms with van der Waals surface area (Å²) in [6.07, 6.45) is 1.46. The average molecular weight is 528 g/mol. The van der Waals surface area contributed by atoms with Gasteiger partial charge in [0, 0.05) is 17.1 Å². The van der Waals surface area contributed by atoms with Gasteiger partial charge in [-0.25, -0.2) is 14.6 Å². The lowest BCUT2D eigenvalue weighted by Crippen LogP contribution is -2.09. The van der Waals surface area contributed by atoms with Gasteiger partial charge >= 0.3 is 11.9 Å². The summed E-state index contributed by atoms with van der Waals surface area (Å²) in [5, 5.41) is 15.5. The molecule has 9 nitrogen and oxygen atoms in total. The number of carbonyl (C=O) groups is 2. The van der Waals surface area contributed by atoms with Crippen molar-refractivity contribution in [3.63, 3.8) is 0 Å². The van der Waals surface area contributed by atoms with Crippen molar-refractivity contribution in [3.8, 4) is 28.8 Å². The fourth-order valence-electron chi connectivity index (χ4n) is 3.26. The Morgan fingerprint density at radius 1 is 1.11 bits per heavy atom. The maximum atomic E-state index is 12.6. The first-order chi connectivity index (χ1) is 17.4. The Morgan fingerprint density at radius 3 is 2.44 bits per heavy atom. The Kier molecular flexibility index (Phi) is 9.05. The topological polar surface area (TPSA) is 120 Å². The zero-order valence-electron chi connectivity index (χ0n) is 20.5. The second kappa shape index (κ2) is 12.2. The van der Waals surface area contributed by atoms with E-state index in [1.807, 2.05) is 17.5 Å². The van der Waals surface area contributed by atoms with Gasteiger partial charge in [0.2, 0.25) is 0 Å². The van der Waals surface area contributed by atoms with Gasteiger partial charge in [0.25, 0.3) is 0 Å². The second-order valence-corrected chi connectivity index (χ2v) is 9.00. The molecule has 11 heteroatoms. The van der Waals surface area contributed by atoms with Crippen LogP contribution in [-0.4, -0.2) is 44.4 Å². The molecule has 3 aromatic rings. The molecule has 2 aromatic heterocycles. The lowest BCUT2D eigenvalue weighted by atomic mass is 10.1. The third-order valence-corrected chi connectivity index (χ3v) is 7.05. The molecule has 188 valence electrons. The van der Waals surface area contributed by atoms with E-state index < -0.39 is 11.9 Å². The van der Waals surface area contributed by atoms with Crippen molar-refractivity contribution in [2.24, 2.45) is 0 Å².